The molecule has 0 aliphatic heterocycles. The zero-order valence-corrected chi connectivity index (χ0v) is 13.8. The SMILES string of the molecule is CC(=O)[C@@H](Cc1ccccc1)NC(=O)COC(=O)c1cccc(O)c1. The van der Waals surface area contributed by atoms with Gasteiger partial charge in [-0.05, 0) is 37.1 Å². The molecule has 0 saturated carbocycles. The Morgan fingerprint density at radius 1 is 1.08 bits per heavy atom. The summed E-state index contributed by atoms with van der Waals surface area (Å²) in [5.41, 5.74) is 1.06. The molecule has 2 aromatic rings. The highest BCUT2D eigenvalue weighted by Crippen LogP contribution is 2.11. The summed E-state index contributed by atoms with van der Waals surface area (Å²) in [7, 11) is 0. The lowest BCUT2D eigenvalue weighted by atomic mass is 10.0. The summed E-state index contributed by atoms with van der Waals surface area (Å²) in [5, 5.41) is 11.9. The van der Waals surface area contributed by atoms with Crippen molar-refractivity contribution >= 4 is 17.7 Å². The van der Waals surface area contributed by atoms with Crippen molar-refractivity contribution in [1.82, 2.24) is 5.32 Å². The first-order valence-corrected chi connectivity index (χ1v) is 7.75. The van der Waals surface area contributed by atoms with Crippen LogP contribution in [-0.2, 0) is 20.7 Å². The molecule has 0 spiro atoms. The number of rotatable bonds is 7. The highest BCUT2D eigenvalue weighted by atomic mass is 16.5. The summed E-state index contributed by atoms with van der Waals surface area (Å²) in [5.74, 6) is -1.55. The quantitative estimate of drug-likeness (QED) is 0.750. The standard InChI is InChI=1S/C19H19NO5/c1-13(21)17(10-14-6-3-2-4-7-14)20-18(23)12-25-19(24)15-8-5-9-16(22)11-15/h2-9,11,17,22H,10,12H2,1H3,(H,20,23)/t17-/m1/s1. The predicted molar refractivity (Wildman–Crippen MR) is 91.1 cm³/mol. The second-order valence-corrected chi connectivity index (χ2v) is 5.55. The number of benzene rings is 2. The lowest BCUT2D eigenvalue weighted by molar-refractivity contribution is -0.128. The lowest BCUT2D eigenvalue weighted by Gasteiger charge is -2.16. The van der Waals surface area contributed by atoms with Crippen molar-refractivity contribution in [3.63, 3.8) is 0 Å². The van der Waals surface area contributed by atoms with Crippen molar-refractivity contribution in [3.8, 4) is 5.75 Å². The first-order valence-electron chi connectivity index (χ1n) is 7.75. The molecule has 2 N–H and O–H groups in total. The highest BCUT2D eigenvalue weighted by molar-refractivity contribution is 5.92. The topological polar surface area (TPSA) is 92.7 Å². The molecule has 1 amide bonds. The number of aromatic hydroxyl groups is 1. The van der Waals surface area contributed by atoms with E-state index in [1.54, 1.807) is 0 Å². The first kappa shape index (κ1) is 18.2. The Labute approximate surface area is 145 Å². The van der Waals surface area contributed by atoms with Gasteiger partial charge in [-0.15, -0.1) is 0 Å². The zero-order chi connectivity index (χ0) is 18.2. The normalized spacial score (nSPS) is 11.4. The van der Waals surface area contributed by atoms with E-state index >= 15 is 0 Å². The maximum Gasteiger partial charge on any atom is 0.338 e. The van der Waals surface area contributed by atoms with E-state index in [9.17, 15) is 19.5 Å². The van der Waals surface area contributed by atoms with E-state index < -0.39 is 24.5 Å². The molecule has 0 bridgehead atoms. The summed E-state index contributed by atoms with van der Waals surface area (Å²) in [4.78, 5) is 35.5. The third-order valence-corrected chi connectivity index (χ3v) is 3.52. The highest BCUT2D eigenvalue weighted by Gasteiger charge is 2.19. The molecule has 6 nitrogen and oxygen atoms in total. The van der Waals surface area contributed by atoms with Crippen molar-refractivity contribution < 1.29 is 24.2 Å². The Balaban J connectivity index is 1.88. The number of Topliss-reactive ketones (excluding diaryl/α,β-unsaturated/α-hetero) is 1. The van der Waals surface area contributed by atoms with E-state index in [-0.39, 0.29) is 17.1 Å². The first-order chi connectivity index (χ1) is 12.0. The van der Waals surface area contributed by atoms with E-state index in [4.69, 9.17) is 4.74 Å². The fraction of sp³-hybridized carbons (Fsp3) is 0.211. The minimum Gasteiger partial charge on any atom is -0.508 e. The van der Waals surface area contributed by atoms with Gasteiger partial charge in [-0.3, -0.25) is 9.59 Å². The second kappa shape index (κ2) is 8.63. The summed E-state index contributed by atoms with van der Waals surface area (Å²) >= 11 is 0. The number of phenolic OH excluding ortho intramolecular Hbond substituents is 1. The molecule has 2 rings (SSSR count). The molecule has 130 valence electrons. The average Bonchev–Trinajstić information content (AvgIpc) is 2.60. The van der Waals surface area contributed by atoms with Crippen LogP contribution in [0.2, 0.25) is 0 Å². The largest absolute Gasteiger partial charge is 0.508 e. The number of hydrogen-bond donors (Lipinski definition) is 2. The molecule has 0 aromatic heterocycles. The number of esters is 1. The lowest BCUT2D eigenvalue weighted by Crippen LogP contribution is -2.43. The van der Waals surface area contributed by atoms with Crippen molar-refractivity contribution in [2.24, 2.45) is 0 Å². The van der Waals surface area contributed by atoms with E-state index in [0.29, 0.717) is 6.42 Å². The van der Waals surface area contributed by atoms with Crippen LogP contribution < -0.4 is 5.32 Å². The van der Waals surface area contributed by atoms with Crippen molar-refractivity contribution in [3.05, 3.63) is 65.7 Å². The van der Waals surface area contributed by atoms with Gasteiger partial charge in [0.1, 0.15) is 5.75 Å². The molecule has 25 heavy (non-hydrogen) atoms. The zero-order valence-electron chi connectivity index (χ0n) is 13.8. The molecule has 2 aromatic carbocycles. The molecule has 1 atom stereocenters. The maximum absolute atomic E-state index is 12.0. The molecule has 0 aliphatic rings. The van der Waals surface area contributed by atoms with E-state index in [2.05, 4.69) is 5.32 Å². The molecule has 0 heterocycles. The van der Waals surface area contributed by atoms with Gasteiger partial charge in [-0.2, -0.15) is 0 Å². The van der Waals surface area contributed by atoms with Gasteiger partial charge < -0.3 is 15.2 Å². The van der Waals surface area contributed by atoms with Crippen LogP contribution in [0.25, 0.3) is 0 Å². The third-order valence-electron chi connectivity index (χ3n) is 3.52. The van der Waals surface area contributed by atoms with Gasteiger partial charge in [0.05, 0.1) is 11.6 Å². The Morgan fingerprint density at radius 2 is 1.80 bits per heavy atom. The molecular weight excluding hydrogens is 322 g/mol. The van der Waals surface area contributed by atoms with Gasteiger partial charge in [0.15, 0.2) is 12.4 Å². The minimum absolute atomic E-state index is 0.0709. The van der Waals surface area contributed by atoms with E-state index in [0.717, 1.165) is 5.56 Å². The Kier molecular flexibility index (Phi) is 6.28. The van der Waals surface area contributed by atoms with Gasteiger partial charge in [-0.25, -0.2) is 4.79 Å². The number of nitrogens with one attached hydrogen (secondary N) is 1. The van der Waals surface area contributed by atoms with Crippen LogP contribution in [0.1, 0.15) is 22.8 Å². The molecule has 6 heteroatoms. The summed E-state index contributed by atoms with van der Waals surface area (Å²) in [6.45, 7) is 0.889. The van der Waals surface area contributed by atoms with Crippen LogP contribution in [0.5, 0.6) is 5.75 Å². The minimum atomic E-state index is -0.728. The fourth-order valence-corrected chi connectivity index (χ4v) is 2.23. The number of phenols is 1. The number of amides is 1. The van der Waals surface area contributed by atoms with Crippen LogP contribution in [-0.4, -0.2) is 35.4 Å². The number of hydrogen-bond acceptors (Lipinski definition) is 5. The molecular formula is C19H19NO5. The van der Waals surface area contributed by atoms with Gasteiger partial charge in [0, 0.05) is 0 Å². The smallest absolute Gasteiger partial charge is 0.338 e. The average molecular weight is 341 g/mol. The van der Waals surface area contributed by atoms with Crippen LogP contribution >= 0.6 is 0 Å². The van der Waals surface area contributed by atoms with Gasteiger partial charge >= 0.3 is 5.97 Å². The molecule has 0 unspecified atom stereocenters. The van der Waals surface area contributed by atoms with Gasteiger partial charge in [-0.1, -0.05) is 36.4 Å². The van der Waals surface area contributed by atoms with Gasteiger partial charge in [0.25, 0.3) is 5.91 Å². The van der Waals surface area contributed by atoms with Crippen LogP contribution in [0, 0.1) is 0 Å². The summed E-state index contributed by atoms with van der Waals surface area (Å²) in [6, 6.07) is 14.2. The second-order valence-electron chi connectivity index (χ2n) is 5.55. The molecule has 0 aliphatic carbocycles. The number of carbonyl (C=O) groups is 3. The molecule has 0 saturated heterocycles. The number of carbonyl (C=O) groups excluding carboxylic acids is 3. The predicted octanol–water partition coefficient (Wildman–Crippen LogP) is 1.87. The van der Waals surface area contributed by atoms with Crippen molar-refractivity contribution in [1.29, 1.82) is 0 Å². The Morgan fingerprint density at radius 3 is 2.44 bits per heavy atom. The van der Waals surface area contributed by atoms with E-state index in [1.807, 2.05) is 30.3 Å². The monoisotopic (exact) mass is 341 g/mol. The fourth-order valence-electron chi connectivity index (χ4n) is 2.23. The summed E-state index contributed by atoms with van der Waals surface area (Å²) in [6.07, 6.45) is 0.364. The van der Waals surface area contributed by atoms with Crippen LogP contribution in [0.3, 0.4) is 0 Å². The van der Waals surface area contributed by atoms with Crippen LogP contribution in [0.4, 0.5) is 0 Å². The molecule has 0 radical (unpaired) electrons. The summed E-state index contributed by atoms with van der Waals surface area (Å²) < 4.78 is 4.90. The number of ketones is 1. The van der Waals surface area contributed by atoms with Crippen LogP contribution in [0.15, 0.2) is 54.6 Å². The molecule has 0 fully saturated rings. The Bertz CT molecular complexity index is 757. The van der Waals surface area contributed by atoms with Crippen molar-refractivity contribution in [2.45, 2.75) is 19.4 Å². The Hall–Kier alpha value is -3.15. The third kappa shape index (κ3) is 5.76. The van der Waals surface area contributed by atoms with Crippen molar-refractivity contribution in [2.75, 3.05) is 6.61 Å². The number of ether oxygens (including phenoxy) is 1. The van der Waals surface area contributed by atoms with Gasteiger partial charge in [0.2, 0.25) is 0 Å². The van der Waals surface area contributed by atoms with E-state index in [1.165, 1.54) is 31.2 Å². The maximum atomic E-state index is 12.0.